The number of benzene rings is 2. The van der Waals surface area contributed by atoms with E-state index in [9.17, 15) is 0 Å². The van der Waals surface area contributed by atoms with E-state index >= 15 is 0 Å². The summed E-state index contributed by atoms with van der Waals surface area (Å²) in [6.07, 6.45) is 0. The smallest absolute Gasteiger partial charge is 0.166 e. The van der Waals surface area contributed by atoms with Crippen molar-refractivity contribution in [2.24, 2.45) is 9.98 Å². The number of hydrogen-bond acceptors (Lipinski definition) is 2. The second-order valence-electron chi connectivity index (χ2n) is 4.48. The second-order valence-corrected chi connectivity index (χ2v) is 5.19. The van der Waals surface area contributed by atoms with Gasteiger partial charge in [0.2, 0.25) is 0 Å². The third kappa shape index (κ3) is 4.19. The zero-order valence-corrected chi connectivity index (χ0v) is 12.8. The van der Waals surface area contributed by atoms with Crippen LogP contribution in [0.1, 0.15) is 11.1 Å². The average molecular weight is 305 g/mol. The first-order valence-corrected chi connectivity index (χ1v) is 6.92. The topological polar surface area (TPSA) is 24.7 Å². The first-order chi connectivity index (χ1) is 9.54. The lowest BCUT2D eigenvalue weighted by Crippen LogP contribution is -1.98. The van der Waals surface area contributed by atoms with Crippen LogP contribution < -0.4 is 0 Å². The third-order valence-corrected chi connectivity index (χ3v) is 3.32. The summed E-state index contributed by atoms with van der Waals surface area (Å²) >= 11 is 12.1. The van der Waals surface area contributed by atoms with E-state index in [2.05, 4.69) is 9.98 Å². The van der Waals surface area contributed by atoms with E-state index in [1.165, 1.54) is 11.1 Å². The van der Waals surface area contributed by atoms with Crippen molar-refractivity contribution in [1.82, 2.24) is 0 Å². The van der Waals surface area contributed by atoms with Gasteiger partial charge in [0.1, 0.15) is 0 Å². The highest BCUT2D eigenvalue weighted by molar-refractivity contribution is 7.00. The van der Waals surface area contributed by atoms with E-state index in [0.717, 1.165) is 11.4 Å². The standard InChI is InChI=1S/C16H14Cl2N2/c1-11-3-7-13(8-4-11)19-15(17)16(18)20-14-9-5-12(2)6-10-14/h3-10H,1-2H3. The molecule has 2 aromatic carbocycles. The zero-order valence-electron chi connectivity index (χ0n) is 11.3. The van der Waals surface area contributed by atoms with Crippen LogP contribution in [0.5, 0.6) is 0 Å². The van der Waals surface area contributed by atoms with E-state index in [0.29, 0.717) is 0 Å². The lowest BCUT2D eigenvalue weighted by atomic mass is 10.2. The fourth-order valence-corrected chi connectivity index (χ4v) is 1.84. The van der Waals surface area contributed by atoms with Crippen LogP contribution in [0.25, 0.3) is 0 Å². The molecule has 0 heterocycles. The molecule has 2 rings (SSSR count). The molecule has 102 valence electrons. The van der Waals surface area contributed by atoms with Gasteiger partial charge in [0.25, 0.3) is 0 Å². The molecule has 0 saturated heterocycles. The van der Waals surface area contributed by atoms with Gasteiger partial charge in [-0.1, -0.05) is 58.6 Å². The van der Waals surface area contributed by atoms with Crippen molar-refractivity contribution in [3.8, 4) is 0 Å². The quantitative estimate of drug-likeness (QED) is 0.665. The summed E-state index contributed by atoms with van der Waals surface area (Å²) in [7, 11) is 0. The molecule has 0 aliphatic carbocycles. The molecular weight excluding hydrogens is 291 g/mol. The van der Waals surface area contributed by atoms with Gasteiger partial charge in [0, 0.05) is 0 Å². The molecule has 0 unspecified atom stereocenters. The molecular formula is C16H14Cl2N2. The molecule has 0 amide bonds. The van der Waals surface area contributed by atoms with E-state index in [4.69, 9.17) is 23.2 Å². The van der Waals surface area contributed by atoms with Crippen LogP contribution in [0.4, 0.5) is 11.4 Å². The minimum atomic E-state index is 0.177. The largest absolute Gasteiger partial charge is 0.233 e. The highest BCUT2D eigenvalue weighted by Gasteiger charge is 2.03. The SMILES string of the molecule is Cc1ccc(N=C(Cl)C(Cl)=Nc2ccc(C)cc2)cc1. The molecule has 4 heteroatoms. The molecule has 0 fully saturated rings. The van der Waals surface area contributed by atoms with Gasteiger partial charge in [-0.25, -0.2) is 9.98 Å². The minimum Gasteiger partial charge on any atom is -0.233 e. The van der Waals surface area contributed by atoms with Gasteiger partial charge >= 0.3 is 0 Å². The zero-order chi connectivity index (χ0) is 14.5. The van der Waals surface area contributed by atoms with Crippen molar-refractivity contribution in [1.29, 1.82) is 0 Å². The van der Waals surface area contributed by atoms with E-state index < -0.39 is 0 Å². The van der Waals surface area contributed by atoms with Crippen LogP contribution in [0.3, 0.4) is 0 Å². The predicted molar refractivity (Wildman–Crippen MR) is 88.3 cm³/mol. The molecule has 2 aromatic rings. The summed E-state index contributed by atoms with van der Waals surface area (Å²) in [6, 6.07) is 15.4. The van der Waals surface area contributed by atoms with E-state index in [1.54, 1.807) is 0 Å². The Labute approximate surface area is 128 Å². The van der Waals surface area contributed by atoms with Gasteiger partial charge < -0.3 is 0 Å². The van der Waals surface area contributed by atoms with Crippen molar-refractivity contribution in [2.75, 3.05) is 0 Å². The van der Waals surface area contributed by atoms with Gasteiger partial charge in [0.15, 0.2) is 10.3 Å². The van der Waals surface area contributed by atoms with Crippen LogP contribution in [-0.4, -0.2) is 10.3 Å². The highest BCUT2D eigenvalue weighted by atomic mass is 35.5. The predicted octanol–water partition coefficient (Wildman–Crippen LogP) is 5.54. The van der Waals surface area contributed by atoms with Crippen molar-refractivity contribution in [3.05, 3.63) is 59.7 Å². The van der Waals surface area contributed by atoms with Crippen molar-refractivity contribution in [3.63, 3.8) is 0 Å². The average Bonchev–Trinajstić information content (AvgIpc) is 2.44. The van der Waals surface area contributed by atoms with Crippen molar-refractivity contribution < 1.29 is 0 Å². The molecule has 0 bridgehead atoms. The maximum Gasteiger partial charge on any atom is 0.166 e. The van der Waals surface area contributed by atoms with Crippen LogP contribution in [0.2, 0.25) is 0 Å². The lowest BCUT2D eigenvalue weighted by molar-refractivity contribution is 1.43. The van der Waals surface area contributed by atoms with E-state index in [-0.39, 0.29) is 10.3 Å². The molecule has 2 nitrogen and oxygen atoms in total. The lowest BCUT2D eigenvalue weighted by Gasteiger charge is -1.99. The molecule has 0 aliphatic heterocycles. The maximum absolute atomic E-state index is 6.07. The summed E-state index contributed by atoms with van der Waals surface area (Å²) in [4.78, 5) is 8.47. The first-order valence-electron chi connectivity index (χ1n) is 6.17. The van der Waals surface area contributed by atoms with Gasteiger partial charge in [-0.15, -0.1) is 0 Å². The van der Waals surface area contributed by atoms with Crippen molar-refractivity contribution in [2.45, 2.75) is 13.8 Å². The van der Waals surface area contributed by atoms with Crippen molar-refractivity contribution >= 4 is 44.9 Å². The van der Waals surface area contributed by atoms with Gasteiger partial charge in [-0.05, 0) is 38.1 Å². The Balaban J connectivity index is 2.21. The summed E-state index contributed by atoms with van der Waals surface area (Å²) in [6.45, 7) is 4.03. The Bertz CT molecular complexity index is 582. The summed E-state index contributed by atoms with van der Waals surface area (Å²) in [5, 5.41) is 0.354. The number of nitrogens with zero attached hydrogens (tertiary/aromatic N) is 2. The summed E-state index contributed by atoms with van der Waals surface area (Å²) < 4.78 is 0. The minimum absolute atomic E-state index is 0.177. The molecule has 0 aromatic heterocycles. The fourth-order valence-electron chi connectivity index (χ4n) is 1.56. The van der Waals surface area contributed by atoms with E-state index in [1.807, 2.05) is 62.4 Å². The number of rotatable bonds is 3. The number of aliphatic imine (C=N–C) groups is 2. The Hall–Kier alpha value is -1.64. The molecule has 0 N–H and O–H groups in total. The molecule has 0 radical (unpaired) electrons. The molecule has 20 heavy (non-hydrogen) atoms. The number of aryl methyl sites for hydroxylation is 2. The van der Waals surface area contributed by atoms with Crippen LogP contribution in [0, 0.1) is 13.8 Å². The van der Waals surface area contributed by atoms with Crippen LogP contribution in [0.15, 0.2) is 58.5 Å². The van der Waals surface area contributed by atoms with Gasteiger partial charge in [-0.3, -0.25) is 0 Å². The Morgan fingerprint density at radius 2 is 0.950 bits per heavy atom. The Kier molecular flexibility index (Phi) is 4.94. The normalized spacial score (nSPS) is 12.6. The second kappa shape index (κ2) is 6.69. The maximum atomic E-state index is 6.07. The third-order valence-electron chi connectivity index (χ3n) is 2.69. The molecule has 0 aliphatic rings. The van der Waals surface area contributed by atoms with Gasteiger partial charge in [-0.2, -0.15) is 0 Å². The molecule has 0 atom stereocenters. The summed E-state index contributed by atoms with van der Waals surface area (Å²) in [5.41, 5.74) is 3.83. The van der Waals surface area contributed by atoms with Crippen LogP contribution in [-0.2, 0) is 0 Å². The first kappa shape index (κ1) is 14.8. The van der Waals surface area contributed by atoms with Gasteiger partial charge in [0.05, 0.1) is 11.4 Å². The Morgan fingerprint density at radius 1 is 0.650 bits per heavy atom. The van der Waals surface area contributed by atoms with Crippen LogP contribution >= 0.6 is 23.2 Å². The highest BCUT2D eigenvalue weighted by Crippen LogP contribution is 2.18. The Morgan fingerprint density at radius 3 is 1.25 bits per heavy atom. The summed E-state index contributed by atoms with van der Waals surface area (Å²) in [5.74, 6) is 0. The monoisotopic (exact) mass is 304 g/mol. The number of halogens is 2. The fraction of sp³-hybridized carbons (Fsp3) is 0.125. The molecule has 0 spiro atoms. The number of hydrogen-bond donors (Lipinski definition) is 0. The molecule has 0 saturated carbocycles.